The molecule has 0 unspecified atom stereocenters. The van der Waals surface area contributed by atoms with Gasteiger partial charge in [0.15, 0.2) is 11.5 Å². The Bertz CT molecular complexity index is 854. The summed E-state index contributed by atoms with van der Waals surface area (Å²) in [5.41, 5.74) is 1.50. The first-order valence-electron chi connectivity index (χ1n) is 8.06. The number of carbonyl (C=O) groups excluding carboxylic acids is 1. The lowest BCUT2D eigenvalue weighted by Gasteiger charge is -2.17. The van der Waals surface area contributed by atoms with Crippen LogP contribution in [0.2, 0.25) is 0 Å². The van der Waals surface area contributed by atoms with E-state index >= 15 is 0 Å². The van der Waals surface area contributed by atoms with Crippen LogP contribution in [0.25, 0.3) is 0 Å². The largest absolute Gasteiger partial charge is 0.586 e. The lowest BCUT2D eigenvalue weighted by molar-refractivity contribution is -0.286. The first-order chi connectivity index (χ1) is 12.4. The van der Waals surface area contributed by atoms with Crippen molar-refractivity contribution in [1.82, 2.24) is 5.32 Å². The summed E-state index contributed by atoms with van der Waals surface area (Å²) in [5, 5.41) is 5.47. The number of rotatable bonds is 4. The molecule has 0 atom stereocenters. The maximum Gasteiger partial charge on any atom is 0.586 e. The molecule has 2 N–H and O–H groups in total. The van der Waals surface area contributed by atoms with Gasteiger partial charge in [0.05, 0.1) is 0 Å². The first kappa shape index (κ1) is 17.1. The van der Waals surface area contributed by atoms with Crippen LogP contribution in [-0.2, 0) is 5.41 Å². The number of alkyl halides is 2. The Hall–Kier alpha value is -2.35. The molecule has 5 nitrogen and oxygen atoms in total. The van der Waals surface area contributed by atoms with Crippen LogP contribution in [0.5, 0.6) is 11.5 Å². The average molecular weight is 425 g/mol. The zero-order valence-electron chi connectivity index (χ0n) is 13.5. The van der Waals surface area contributed by atoms with Crippen molar-refractivity contribution in [1.29, 1.82) is 0 Å². The second kappa shape index (κ2) is 6.12. The number of carbonyl (C=O) groups is 1. The number of halogens is 3. The average Bonchev–Trinajstić information content (AvgIpc) is 3.30. The molecule has 0 saturated heterocycles. The van der Waals surface area contributed by atoms with Crippen LogP contribution >= 0.6 is 15.9 Å². The van der Waals surface area contributed by atoms with Crippen molar-refractivity contribution < 1.29 is 23.0 Å². The van der Waals surface area contributed by atoms with Gasteiger partial charge >= 0.3 is 12.3 Å². The van der Waals surface area contributed by atoms with Crippen LogP contribution in [-0.4, -0.2) is 18.9 Å². The van der Waals surface area contributed by atoms with E-state index in [0.717, 1.165) is 17.3 Å². The number of hydrogen-bond acceptors (Lipinski definition) is 3. The molecule has 1 saturated carbocycles. The molecule has 8 heteroatoms. The molecule has 0 radical (unpaired) electrons. The molecule has 1 heterocycles. The smallest absolute Gasteiger partial charge is 0.395 e. The molecule has 0 aromatic heterocycles. The van der Waals surface area contributed by atoms with E-state index in [1.807, 2.05) is 12.1 Å². The Morgan fingerprint density at radius 2 is 1.77 bits per heavy atom. The van der Waals surface area contributed by atoms with Gasteiger partial charge in [-0.1, -0.05) is 28.1 Å². The van der Waals surface area contributed by atoms with Crippen molar-refractivity contribution in [2.75, 3.05) is 11.9 Å². The van der Waals surface area contributed by atoms with E-state index in [1.165, 1.54) is 23.8 Å². The highest BCUT2D eigenvalue weighted by Crippen LogP contribution is 2.48. The van der Waals surface area contributed by atoms with Crippen molar-refractivity contribution >= 4 is 27.6 Å². The molecule has 1 aliphatic heterocycles. The van der Waals surface area contributed by atoms with Crippen molar-refractivity contribution in [2.24, 2.45) is 0 Å². The summed E-state index contributed by atoms with van der Waals surface area (Å²) in [7, 11) is 0. The Morgan fingerprint density at radius 3 is 2.46 bits per heavy atom. The van der Waals surface area contributed by atoms with Gasteiger partial charge in [-0.3, -0.25) is 0 Å². The number of anilines is 1. The fraction of sp³-hybridized carbons (Fsp3) is 0.278. The standard InChI is InChI=1S/C18H15BrF2N2O3/c19-12-3-1-11(2-4-12)17(7-8-17)10-22-16(24)23-13-5-6-14-15(9-13)26-18(20,21)25-14/h1-6,9H,7-8,10H2,(H2,22,23,24). The summed E-state index contributed by atoms with van der Waals surface area (Å²) in [5.74, 6) is -0.172. The molecular weight excluding hydrogens is 410 g/mol. The fourth-order valence-corrected chi connectivity index (χ4v) is 3.24. The van der Waals surface area contributed by atoms with Gasteiger partial charge in [-0.25, -0.2) is 4.79 Å². The number of benzene rings is 2. The van der Waals surface area contributed by atoms with Crippen LogP contribution in [0.3, 0.4) is 0 Å². The first-order valence-corrected chi connectivity index (χ1v) is 8.85. The van der Waals surface area contributed by atoms with Gasteiger partial charge in [0.25, 0.3) is 0 Å². The molecule has 1 aliphatic carbocycles. The summed E-state index contributed by atoms with van der Waals surface area (Å²) in [6.07, 6.45) is -1.66. The normalized spacial score (nSPS) is 18.3. The number of amides is 2. The highest BCUT2D eigenvalue weighted by atomic mass is 79.9. The number of hydrogen-bond donors (Lipinski definition) is 2. The minimum absolute atomic E-state index is 0.0328. The van der Waals surface area contributed by atoms with Gasteiger partial charge in [-0.15, -0.1) is 8.78 Å². The third-order valence-electron chi connectivity index (χ3n) is 4.56. The molecule has 0 bridgehead atoms. The molecule has 0 spiro atoms. The Morgan fingerprint density at radius 1 is 1.08 bits per heavy atom. The highest BCUT2D eigenvalue weighted by Gasteiger charge is 2.45. The molecule has 4 rings (SSSR count). The lowest BCUT2D eigenvalue weighted by Crippen LogP contribution is -2.35. The molecule has 2 amide bonds. The van der Waals surface area contributed by atoms with Crippen LogP contribution in [0.1, 0.15) is 18.4 Å². The molecule has 2 aliphatic rings. The molecule has 1 fully saturated rings. The van der Waals surface area contributed by atoms with E-state index in [2.05, 4.69) is 48.2 Å². The van der Waals surface area contributed by atoms with Crippen LogP contribution < -0.4 is 20.1 Å². The Labute approximate surface area is 156 Å². The SMILES string of the molecule is O=C(NCC1(c2ccc(Br)cc2)CC1)Nc1ccc2c(c1)OC(F)(F)O2. The highest BCUT2D eigenvalue weighted by molar-refractivity contribution is 9.10. The van der Waals surface area contributed by atoms with Gasteiger partial charge in [0, 0.05) is 28.2 Å². The number of fused-ring (bicyclic) bond motifs is 1. The zero-order chi connectivity index (χ0) is 18.4. The summed E-state index contributed by atoms with van der Waals surface area (Å²) in [4.78, 5) is 12.1. The minimum atomic E-state index is -3.67. The van der Waals surface area contributed by atoms with E-state index in [0.29, 0.717) is 12.2 Å². The Balaban J connectivity index is 1.36. The quantitative estimate of drug-likeness (QED) is 0.752. The van der Waals surface area contributed by atoms with Gasteiger partial charge in [-0.05, 0) is 42.7 Å². The molecule has 26 heavy (non-hydrogen) atoms. The topological polar surface area (TPSA) is 59.6 Å². The summed E-state index contributed by atoms with van der Waals surface area (Å²) >= 11 is 3.41. The van der Waals surface area contributed by atoms with Gasteiger partial charge in [-0.2, -0.15) is 0 Å². The summed E-state index contributed by atoms with van der Waals surface area (Å²) in [6.45, 7) is 0.503. The van der Waals surface area contributed by atoms with Gasteiger partial charge in [0.2, 0.25) is 0 Å². The van der Waals surface area contributed by atoms with Crippen LogP contribution in [0.15, 0.2) is 46.9 Å². The molecule has 2 aromatic carbocycles. The van der Waals surface area contributed by atoms with Crippen molar-refractivity contribution in [2.45, 2.75) is 24.6 Å². The van der Waals surface area contributed by atoms with Crippen molar-refractivity contribution in [3.63, 3.8) is 0 Å². The predicted octanol–water partition coefficient (Wildman–Crippen LogP) is 4.62. The zero-order valence-corrected chi connectivity index (χ0v) is 15.1. The third-order valence-corrected chi connectivity index (χ3v) is 5.09. The monoisotopic (exact) mass is 424 g/mol. The van der Waals surface area contributed by atoms with E-state index in [4.69, 9.17) is 0 Å². The van der Waals surface area contributed by atoms with E-state index < -0.39 is 12.3 Å². The second-order valence-electron chi connectivity index (χ2n) is 6.42. The number of urea groups is 1. The number of nitrogens with one attached hydrogen (secondary N) is 2. The van der Waals surface area contributed by atoms with E-state index in [1.54, 1.807) is 0 Å². The van der Waals surface area contributed by atoms with Crippen LogP contribution in [0, 0.1) is 0 Å². The predicted molar refractivity (Wildman–Crippen MR) is 94.7 cm³/mol. The van der Waals surface area contributed by atoms with Gasteiger partial charge in [0.1, 0.15) is 0 Å². The fourth-order valence-electron chi connectivity index (χ4n) is 2.97. The van der Waals surface area contributed by atoms with Crippen molar-refractivity contribution in [3.05, 3.63) is 52.5 Å². The maximum absolute atomic E-state index is 13.0. The Kier molecular flexibility index (Phi) is 4.02. The summed E-state index contributed by atoms with van der Waals surface area (Å²) < 4.78 is 35.8. The second-order valence-corrected chi connectivity index (χ2v) is 7.34. The molecular formula is C18H15BrF2N2O3. The summed E-state index contributed by atoms with van der Waals surface area (Å²) in [6, 6.07) is 11.8. The van der Waals surface area contributed by atoms with Gasteiger partial charge < -0.3 is 20.1 Å². The van der Waals surface area contributed by atoms with E-state index in [-0.39, 0.29) is 16.9 Å². The van der Waals surface area contributed by atoms with Crippen LogP contribution in [0.4, 0.5) is 19.3 Å². The molecule has 2 aromatic rings. The third kappa shape index (κ3) is 3.46. The maximum atomic E-state index is 13.0. The molecule has 136 valence electrons. The lowest BCUT2D eigenvalue weighted by atomic mass is 9.96. The minimum Gasteiger partial charge on any atom is -0.395 e. The van der Waals surface area contributed by atoms with E-state index in [9.17, 15) is 13.6 Å². The number of ether oxygens (including phenoxy) is 2. The van der Waals surface area contributed by atoms with Crippen molar-refractivity contribution in [3.8, 4) is 11.5 Å².